The summed E-state index contributed by atoms with van der Waals surface area (Å²) >= 11 is 3.43. The number of carbonyl (C=O) groups is 1. The first-order chi connectivity index (χ1) is 6.61. The molecule has 0 saturated carbocycles. The molecule has 74 valence electrons. The van der Waals surface area contributed by atoms with Crippen LogP contribution in [0.3, 0.4) is 0 Å². The molecule has 0 aliphatic carbocycles. The third-order valence-corrected chi connectivity index (χ3v) is 2.60. The van der Waals surface area contributed by atoms with Gasteiger partial charge in [-0.15, -0.1) is 0 Å². The van der Waals surface area contributed by atoms with E-state index in [0.29, 0.717) is 0 Å². The number of hydrogen-bond donors (Lipinski definition) is 0. The van der Waals surface area contributed by atoms with E-state index in [1.54, 1.807) is 18.1 Å². The third-order valence-electron chi connectivity index (χ3n) is 1.88. The summed E-state index contributed by atoms with van der Waals surface area (Å²) in [6.45, 7) is 1.53. The van der Waals surface area contributed by atoms with Gasteiger partial charge < -0.3 is 4.90 Å². The highest BCUT2D eigenvalue weighted by atomic mass is 79.9. The first-order valence-electron chi connectivity index (χ1n) is 4.27. The van der Waals surface area contributed by atoms with Crippen molar-refractivity contribution in [2.45, 2.75) is 6.92 Å². The number of rotatable bonds is 2. The molecule has 1 aromatic carbocycles. The van der Waals surface area contributed by atoms with Crippen LogP contribution in [0.15, 0.2) is 34.9 Å². The normalized spacial score (nSPS) is 10.5. The minimum Gasteiger partial charge on any atom is -0.322 e. The number of hydrogen-bond acceptors (Lipinski definition) is 1. The van der Waals surface area contributed by atoms with Gasteiger partial charge in [-0.25, -0.2) is 0 Å². The number of nitrogens with zero attached hydrogens (tertiary/aromatic N) is 1. The molecule has 0 bridgehead atoms. The Kier molecular flexibility index (Phi) is 3.89. The van der Waals surface area contributed by atoms with Gasteiger partial charge in [0, 0.05) is 24.6 Å². The molecular weight excluding hydrogens is 242 g/mol. The van der Waals surface area contributed by atoms with Gasteiger partial charge in [0.05, 0.1) is 0 Å². The van der Waals surface area contributed by atoms with Crippen molar-refractivity contribution in [3.8, 4) is 0 Å². The van der Waals surface area contributed by atoms with E-state index in [-0.39, 0.29) is 5.91 Å². The summed E-state index contributed by atoms with van der Waals surface area (Å²) in [5.41, 5.74) is 1.06. The van der Waals surface area contributed by atoms with Crippen LogP contribution in [0.1, 0.15) is 12.5 Å². The summed E-state index contributed by atoms with van der Waals surface area (Å²) in [5, 5.41) is 0. The lowest BCUT2D eigenvalue weighted by molar-refractivity contribution is -0.125. The molecule has 2 nitrogen and oxygen atoms in total. The van der Waals surface area contributed by atoms with Gasteiger partial charge in [0.25, 0.3) is 0 Å². The molecule has 0 heterocycles. The highest BCUT2D eigenvalue weighted by molar-refractivity contribution is 9.10. The molecule has 0 aromatic heterocycles. The fourth-order valence-corrected chi connectivity index (χ4v) is 1.32. The van der Waals surface area contributed by atoms with Gasteiger partial charge in [-0.05, 0) is 17.7 Å². The van der Waals surface area contributed by atoms with Crippen LogP contribution < -0.4 is 0 Å². The first kappa shape index (κ1) is 11.0. The molecule has 3 heteroatoms. The van der Waals surface area contributed by atoms with Gasteiger partial charge in [-0.1, -0.05) is 34.1 Å². The van der Waals surface area contributed by atoms with E-state index in [9.17, 15) is 4.79 Å². The highest BCUT2D eigenvalue weighted by Crippen LogP contribution is 2.17. The van der Waals surface area contributed by atoms with E-state index in [4.69, 9.17) is 0 Å². The molecule has 1 rings (SSSR count). The molecule has 1 aromatic rings. The van der Waals surface area contributed by atoms with Crippen molar-refractivity contribution in [3.05, 3.63) is 40.5 Å². The maximum atomic E-state index is 10.9. The summed E-state index contributed by atoms with van der Waals surface area (Å²) < 4.78 is 1.02. The summed E-state index contributed by atoms with van der Waals surface area (Å²) in [4.78, 5) is 12.5. The van der Waals surface area contributed by atoms with Crippen molar-refractivity contribution in [3.63, 3.8) is 0 Å². The molecule has 0 saturated heterocycles. The lowest BCUT2D eigenvalue weighted by Gasteiger charge is -2.07. The highest BCUT2D eigenvalue weighted by Gasteiger charge is 1.97. The number of benzene rings is 1. The molecule has 0 aliphatic heterocycles. The van der Waals surface area contributed by atoms with Gasteiger partial charge in [-0.3, -0.25) is 4.79 Å². The van der Waals surface area contributed by atoms with E-state index in [1.807, 2.05) is 30.3 Å². The second-order valence-corrected chi connectivity index (χ2v) is 3.82. The molecule has 0 unspecified atom stereocenters. The summed E-state index contributed by atoms with van der Waals surface area (Å²) in [6.07, 6.45) is 3.65. The van der Waals surface area contributed by atoms with E-state index in [2.05, 4.69) is 15.9 Å². The molecule has 0 fully saturated rings. The van der Waals surface area contributed by atoms with Crippen molar-refractivity contribution in [1.29, 1.82) is 0 Å². The molecular formula is C11H12BrNO. The van der Waals surface area contributed by atoms with Gasteiger partial charge >= 0.3 is 0 Å². The molecule has 0 radical (unpaired) electrons. The zero-order valence-corrected chi connectivity index (χ0v) is 9.78. The van der Waals surface area contributed by atoms with Gasteiger partial charge in [-0.2, -0.15) is 0 Å². The quantitative estimate of drug-likeness (QED) is 0.794. The second-order valence-electron chi connectivity index (χ2n) is 2.97. The van der Waals surface area contributed by atoms with Crippen LogP contribution >= 0.6 is 15.9 Å². The van der Waals surface area contributed by atoms with E-state index in [1.165, 1.54) is 6.92 Å². The van der Waals surface area contributed by atoms with Crippen molar-refractivity contribution in [2.24, 2.45) is 0 Å². The minimum atomic E-state index is 0.0216. The Labute approximate surface area is 92.4 Å². The Morgan fingerprint density at radius 1 is 1.43 bits per heavy atom. The molecule has 0 aliphatic rings. The van der Waals surface area contributed by atoms with Crippen molar-refractivity contribution < 1.29 is 4.79 Å². The Morgan fingerprint density at radius 2 is 2.07 bits per heavy atom. The molecule has 0 atom stereocenters. The van der Waals surface area contributed by atoms with Crippen LogP contribution in [0.25, 0.3) is 6.08 Å². The Bertz CT molecular complexity index is 360. The van der Waals surface area contributed by atoms with Crippen LogP contribution in [0.2, 0.25) is 0 Å². The first-order valence-corrected chi connectivity index (χ1v) is 5.06. The van der Waals surface area contributed by atoms with Gasteiger partial charge in [0.2, 0.25) is 5.91 Å². The van der Waals surface area contributed by atoms with Gasteiger partial charge in [0.1, 0.15) is 0 Å². The van der Waals surface area contributed by atoms with E-state index in [0.717, 1.165) is 10.0 Å². The minimum absolute atomic E-state index is 0.0216. The Morgan fingerprint density at radius 3 is 2.64 bits per heavy atom. The topological polar surface area (TPSA) is 20.3 Å². The third kappa shape index (κ3) is 3.00. The lowest BCUT2D eigenvalue weighted by atomic mass is 10.2. The lowest BCUT2D eigenvalue weighted by Crippen LogP contribution is -2.16. The van der Waals surface area contributed by atoms with Crippen LogP contribution in [-0.2, 0) is 4.79 Å². The smallest absolute Gasteiger partial charge is 0.223 e. The number of carbonyl (C=O) groups excluding carboxylic acids is 1. The van der Waals surface area contributed by atoms with Crippen LogP contribution in [0, 0.1) is 0 Å². The Hall–Kier alpha value is -1.09. The van der Waals surface area contributed by atoms with E-state index >= 15 is 0 Å². The predicted octanol–water partition coefficient (Wildman–Crippen LogP) is 2.90. The SMILES string of the molecule is CC(=O)N(C)/C=C/c1ccccc1Br. The van der Waals surface area contributed by atoms with Crippen molar-refractivity contribution >= 4 is 27.9 Å². The van der Waals surface area contributed by atoms with Crippen LogP contribution in [0.5, 0.6) is 0 Å². The zero-order chi connectivity index (χ0) is 10.6. The van der Waals surface area contributed by atoms with E-state index < -0.39 is 0 Å². The molecule has 0 spiro atoms. The van der Waals surface area contributed by atoms with Crippen LogP contribution in [-0.4, -0.2) is 17.9 Å². The average molecular weight is 254 g/mol. The predicted molar refractivity (Wildman–Crippen MR) is 61.6 cm³/mol. The second kappa shape index (κ2) is 4.96. The monoisotopic (exact) mass is 253 g/mol. The largest absolute Gasteiger partial charge is 0.322 e. The molecule has 1 amide bonds. The summed E-state index contributed by atoms with van der Waals surface area (Å²) in [5.74, 6) is 0.0216. The number of halogens is 1. The summed E-state index contributed by atoms with van der Waals surface area (Å²) in [6, 6.07) is 7.86. The van der Waals surface area contributed by atoms with Crippen molar-refractivity contribution in [1.82, 2.24) is 4.90 Å². The van der Waals surface area contributed by atoms with Crippen molar-refractivity contribution in [2.75, 3.05) is 7.05 Å². The molecule has 0 N–H and O–H groups in total. The Balaban J connectivity index is 2.78. The fraction of sp³-hybridized carbons (Fsp3) is 0.182. The summed E-state index contributed by atoms with van der Waals surface area (Å²) in [7, 11) is 1.73. The number of amides is 1. The fourth-order valence-electron chi connectivity index (χ4n) is 0.907. The average Bonchev–Trinajstić information content (AvgIpc) is 2.16. The van der Waals surface area contributed by atoms with Crippen LogP contribution in [0.4, 0.5) is 0 Å². The zero-order valence-electron chi connectivity index (χ0n) is 8.20. The standard InChI is InChI=1S/C11H12BrNO/c1-9(14)13(2)8-7-10-5-3-4-6-11(10)12/h3-8H,1-2H3/b8-7+. The molecule has 14 heavy (non-hydrogen) atoms. The van der Waals surface area contributed by atoms with Gasteiger partial charge in [0.15, 0.2) is 0 Å². The maximum absolute atomic E-state index is 10.9. The maximum Gasteiger partial charge on any atom is 0.223 e.